The van der Waals surface area contributed by atoms with Crippen LogP contribution < -0.4 is 5.56 Å². The first kappa shape index (κ1) is 19.9. The zero-order valence-corrected chi connectivity index (χ0v) is 17.5. The van der Waals surface area contributed by atoms with Gasteiger partial charge in [-0.05, 0) is 43.6 Å². The summed E-state index contributed by atoms with van der Waals surface area (Å²) >= 11 is 0. The monoisotopic (exact) mass is 394 g/mol. The number of likely N-dealkylation sites (N-methyl/N-ethyl adjacent to an activating group) is 1. The Morgan fingerprint density at radius 3 is 2.62 bits per heavy atom. The van der Waals surface area contributed by atoms with Crippen molar-refractivity contribution in [2.75, 3.05) is 40.3 Å². The predicted octanol–water partition coefficient (Wildman–Crippen LogP) is 1.88. The van der Waals surface area contributed by atoms with Gasteiger partial charge in [0.15, 0.2) is 0 Å². The van der Waals surface area contributed by atoms with Gasteiger partial charge in [-0.25, -0.2) is 0 Å². The summed E-state index contributed by atoms with van der Waals surface area (Å²) in [6.45, 7) is 6.19. The molecule has 3 atom stereocenters. The normalized spacial score (nSPS) is 24.3. The average Bonchev–Trinajstić information content (AvgIpc) is 3.21. The Hall–Kier alpha value is -2.44. The molecule has 1 amide bonds. The molecule has 1 N–H and O–H groups in total. The van der Waals surface area contributed by atoms with Crippen LogP contribution in [0.2, 0.25) is 0 Å². The standard InChI is InChI=1S/C23H30N4O2/c1-16-6-4-5-7-19(16)23-20-14-26(11-17-8-9-21(28)24-10-17)12-18(20)13-27(23)22(29)15-25(2)3/h4-10,18,20,23H,11-15H2,1-3H3,(H,24,28)/t18-,20-,23+/m1/s1. The molecule has 4 rings (SSSR count). The number of carbonyl (C=O) groups is 1. The van der Waals surface area contributed by atoms with Crippen LogP contribution in [-0.4, -0.2) is 65.9 Å². The first-order valence-corrected chi connectivity index (χ1v) is 10.3. The van der Waals surface area contributed by atoms with Crippen molar-refractivity contribution in [1.82, 2.24) is 19.7 Å². The van der Waals surface area contributed by atoms with Crippen LogP contribution in [-0.2, 0) is 11.3 Å². The van der Waals surface area contributed by atoms with Crippen LogP contribution in [0.5, 0.6) is 0 Å². The molecular weight excluding hydrogens is 364 g/mol. The van der Waals surface area contributed by atoms with Crippen molar-refractivity contribution in [1.29, 1.82) is 0 Å². The van der Waals surface area contributed by atoms with Crippen LogP contribution >= 0.6 is 0 Å². The third-order valence-corrected chi connectivity index (χ3v) is 6.27. The largest absolute Gasteiger partial charge is 0.334 e. The average molecular weight is 395 g/mol. The van der Waals surface area contributed by atoms with E-state index < -0.39 is 0 Å². The number of amides is 1. The fourth-order valence-electron chi connectivity index (χ4n) is 5.00. The van der Waals surface area contributed by atoms with E-state index in [9.17, 15) is 9.59 Å². The van der Waals surface area contributed by atoms with E-state index in [-0.39, 0.29) is 17.5 Å². The van der Waals surface area contributed by atoms with Crippen LogP contribution in [0.25, 0.3) is 0 Å². The molecule has 0 aliphatic carbocycles. The van der Waals surface area contributed by atoms with E-state index in [1.54, 1.807) is 6.07 Å². The number of benzene rings is 1. The Morgan fingerprint density at radius 1 is 1.14 bits per heavy atom. The van der Waals surface area contributed by atoms with Crippen molar-refractivity contribution in [2.45, 2.75) is 19.5 Å². The topological polar surface area (TPSA) is 59.7 Å². The van der Waals surface area contributed by atoms with Crippen molar-refractivity contribution in [3.63, 3.8) is 0 Å². The molecule has 0 spiro atoms. The summed E-state index contributed by atoms with van der Waals surface area (Å²) in [5.41, 5.74) is 3.58. The van der Waals surface area contributed by atoms with Crippen molar-refractivity contribution >= 4 is 5.91 Å². The molecule has 6 nitrogen and oxygen atoms in total. The number of likely N-dealkylation sites (tertiary alicyclic amines) is 2. The van der Waals surface area contributed by atoms with E-state index in [0.29, 0.717) is 18.4 Å². The highest BCUT2D eigenvalue weighted by Gasteiger charge is 2.49. The van der Waals surface area contributed by atoms with Gasteiger partial charge in [0.25, 0.3) is 0 Å². The fraction of sp³-hybridized carbons (Fsp3) is 0.478. The first-order valence-electron chi connectivity index (χ1n) is 10.3. The lowest BCUT2D eigenvalue weighted by Crippen LogP contribution is -2.40. The molecule has 2 saturated heterocycles. The van der Waals surface area contributed by atoms with Gasteiger partial charge >= 0.3 is 0 Å². The minimum atomic E-state index is -0.0679. The maximum absolute atomic E-state index is 13.0. The minimum absolute atomic E-state index is 0.0679. The molecule has 2 aliphatic rings. The highest BCUT2D eigenvalue weighted by molar-refractivity contribution is 5.79. The highest BCUT2D eigenvalue weighted by atomic mass is 16.2. The smallest absolute Gasteiger partial charge is 0.247 e. The van der Waals surface area contributed by atoms with E-state index in [2.05, 4.69) is 46.0 Å². The number of carbonyl (C=O) groups excluding carboxylic acids is 1. The summed E-state index contributed by atoms with van der Waals surface area (Å²) in [6, 6.07) is 12.1. The molecule has 6 heteroatoms. The van der Waals surface area contributed by atoms with E-state index in [4.69, 9.17) is 0 Å². The fourth-order valence-corrected chi connectivity index (χ4v) is 5.00. The second-order valence-corrected chi connectivity index (χ2v) is 8.76. The van der Waals surface area contributed by atoms with E-state index >= 15 is 0 Å². The van der Waals surface area contributed by atoms with Crippen LogP contribution in [0.1, 0.15) is 22.7 Å². The highest BCUT2D eigenvalue weighted by Crippen LogP contribution is 2.46. The van der Waals surface area contributed by atoms with Crippen molar-refractivity contribution in [3.8, 4) is 0 Å². The van der Waals surface area contributed by atoms with Crippen molar-refractivity contribution in [2.24, 2.45) is 11.8 Å². The number of rotatable bonds is 5. The molecule has 0 bridgehead atoms. The number of aryl methyl sites for hydroxylation is 1. The summed E-state index contributed by atoms with van der Waals surface area (Å²) in [4.78, 5) is 33.6. The second kappa shape index (κ2) is 8.13. The Balaban J connectivity index is 1.56. The number of hydrogen-bond acceptors (Lipinski definition) is 4. The predicted molar refractivity (Wildman–Crippen MR) is 114 cm³/mol. The quantitative estimate of drug-likeness (QED) is 0.841. The van der Waals surface area contributed by atoms with Gasteiger partial charge in [0.05, 0.1) is 12.6 Å². The molecule has 0 radical (unpaired) electrons. The van der Waals surface area contributed by atoms with Gasteiger partial charge in [-0.15, -0.1) is 0 Å². The first-order chi connectivity index (χ1) is 13.9. The lowest BCUT2D eigenvalue weighted by atomic mass is 9.87. The maximum atomic E-state index is 13.0. The lowest BCUT2D eigenvalue weighted by molar-refractivity contribution is -0.133. The molecular formula is C23H30N4O2. The lowest BCUT2D eigenvalue weighted by Gasteiger charge is -2.31. The number of pyridine rings is 1. The van der Waals surface area contributed by atoms with Gasteiger partial charge in [0, 0.05) is 44.4 Å². The Kier molecular flexibility index (Phi) is 5.56. The number of H-pyrrole nitrogens is 1. The SMILES string of the molecule is Cc1ccccc1[C@H]1[C@@H]2CN(Cc3ccc(=O)[nH]c3)C[C@@H]2CN1C(=O)CN(C)C. The Labute approximate surface area is 172 Å². The number of aromatic nitrogens is 1. The second-order valence-electron chi connectivity index (χ2n) is 8.76. The molecule has 0 unspecified atom stereocenters. The zero-order valence-electron chi connectivity index (χ0n) is 17.5. The van der Waals surface area contributed by atoms with Crippen LogP contribution in [0.4, 0.5) is 0 Å². The van der Waals surface area contributed by atoms with Gasteiger partial charge in [0.1, 0.15) is 0 Å². The zero-order chi connectivity index (χ0) is 20.5. The summed E-state index contributed by atoms with van der Waals surface area (Å²) < 4.78 is 0. The number of nitrogens with zero attached hydrogens (tertiary/aromatic N) is 3. The van der Waals surface area contributed by atoms with Gasteiger partial charge in [-0.3, -0.25) is 14.5 Å². The minimum Gasteiger partial charge on any atom is -0.334 e. The maximum Gasteiger partial charge on any atom is 0.247 e. The van der Waals surface area contributed by atoms with Crippen molar-refractivity contribution < 1.29 is 4.79 Å². The van der Waals surface area contributed by atoms with Gasteiger partial charge < -0.3 is 14.8 Å². The molecule has 29 heavy (non-hydrogen) atoms. The molecule has 0 saturated carbocycles. The molecule has 2 aliphatic heterocycles. The Morgan fingerprint density at radius 2 is 1.93 bits per heavy atom. The molecule has 1 aromatic heterocycles. The van der Waals surface area contributed by atoms with Crippen LogP contribution in [0.15, 0.2) is 47.4 Å². The van der Waals surface area contributed by atoms with Gasteiger partial charge in [0.2, 0.25) is 11.5 Å². The third-order valence-electron chi connectivity index (χ3n) is 6.27. The van der Waals surface area contributed by atoms with Crippen molar-refractivity contribution in [3.05, 3.63) is 69.6 Å². The summed E-state index contributed by atoms with van der Waals surface area (Å²) in [5, 5.41) is 0. The number of aromatic amines is 1. The number of fused-ring (bicyclic) bond motifs is 1. The molecule has 1 aromatic carbocycles. The van der Waals surface area contributed by atoms with Gasteiger partial charge in [-0.2, -0.15) is 0 Å². The molecule has 2 aromatic rings. The summed E-state index contributed by atoms with van der Waals surface area (Å²) in [5.74, 6) is 1.13. The van der Waals surface area contributed by atoms with Gasteiger partial charge in [-0.1, -0.05) is 30.3 Å². The summed E-state index contributed by atoms with van der Waals surface area (Å²) in [7, 11) is 3.90. The van der Waals surface area contributed by atoms with E-state index in [0.717, 1.165) is 31.7 Å². The van der Waals surface area contributed by atoms with E-state index in [1.807, 2.05) is 31.3 Å². The third kappa shape index (κ3) is 4.14. The van der Waals surface area contributed by atoms with Crippen LogP contribution in [0, 0.1) is 18.8 Å². The number of nitrogens with one attached hydrogen (secondary N) is 1. The van der Waals surface area contributed by atoms with E-state index in [1.165, 1.54) is 11.1 Å². The number of hydrogen-bond donors (Lipinski definition) is 1. The summed E-state index contributed by atoms with van der Waals surface area (Å²) in [6.07, 6.45) is 1.81. The molecule has 2 fully saturated rings. The molecule has 3 heterocycles. The van der Waals surface area contributed by atoms with Crippen LogP contribution in [0.3, 0.4) is 0 Å². The Bertz CT molecular complexity index is 918. The molecule has 154 valence electrons.